The minimum atomic E-state index is -0.752. The van der Waals surface area contributed by atoms with Crippen molar-refractivity contribution in [1.29, 1.82) is 0 Å². The molecular formula is C14H12N2O6. The van der Waals surface area contributed by atoms with E-state index >= 15 is 0 Å². The van der Waals surface area contributed by atoms with Crippen LogP contribution in [0.2, 0.25) is 0 Å². The fourth-order valence-corrected chi connectivity index (χ4v) is 1.72. The summed E-state index contributed by atoms with van der Waals surface area (Å²) in [7, 11) is 1.37. The number of nitrogens with zero attached hydrogens (tertiary/aromatic N) is 1. The second-order valence-electron chi connectivity index (χ2n) is 4.13. The molecule has 8 nitrogen and oxygen atoms in total. The number of anilines is 1. The third kappa shape index (κ3) is 3.29. The van der Waals surface area contributed by atoms with Gasteiger partial charge in [0.1, 0.15) is 0 Å². The predicted molar refractivity (Wildman–Crippen MR) is 73.9 cm³/mol. The zero-order chi connectivity index (χ0) is 16.1. The van der Waals surface area contributed by atoms with E-state index in [-0.39, 0.29) is 11.3 Å². The number of alkyl carbamates (subject to hydrolysis) is 1. The van der Waals surface area contributed by atoms with Crippen molar-refractivity contribution in [3.05, 3.63) is 42.0 Å². The number of amides is 3. The van der Waals surface area contributed by atoms with Gasteiger partial charge in [-0.25, -0.2) is 14.5 Å². The maximum absolute atomic E-state index is 11.8. The molecule has 0 spiro atoms. The number of rotatable bonds is 4. The molecule has 2 rings (SSSR count). The molecule has 1 N–H and O–H groups in total. The largest absolute Gasteiger partial charge is 0.424 e. The summed E-state index contributed by atoms with van der Waals surface area (Å²) in [6.45, 7) is -0.550. The van der Waals surface area contributed by atoms with Gasteiger partial charge in [0.2, 0.25) is 6.79 Å². The first-order valence-electron chi connectivity index (χ1n) is 6.20. The number of carbonyl (C=O) groups is 4. The highest BCUT2D eigenvalue weighted by Crippen LogP contribution is 2.20. The Morgan fingerprint density at radius 1 is 1.14 bits per heavy atom. The molecule has 0 aliphatic carbocycles. The molecule has 1 aromatic carbocycles. The molecule has 1 aliphatic rings. The van der Waals surface area contributed by atoms with Crippen LogP contribution in [-0.4, -0.2) is 37.7 Å². The van der Waals surface area contributed by atoms with E-state index < -0.39 is 30.7 Å². The van der Waals surface area contributed by atoms with Gasteiger partial charge in [-0.2, -0.15) is 0 Å². The molecule has 22 heavy (non-hydrogen) atoms. The van der Waals surface area contributed by atoms with Crippen LogP contribution in [0.15, 0.2) is 36.4 Å². The highest BCUT2D eigenvalue weighted by Gasteiger charge is 2.25. The molecule has 0 saturated carbocycles. The molecule has 0 radical (unpaired) electrons. The van der Waals surface area contributed by atoms with Crippen molar-refractivity contribution >= 4 is 29.6 Å². The van der Waals surface area contributed by atoms with Crippen LogP contribution >= 0.6 is 0 Å². The Morgan fingerprint density at radius 3 is 2.45 bits per heavy atom. The average Bonchev–Trinajstić information content (AvgIpc) is 2.86. The Kier molecular flexibility index (Phi) is 4.52. The molecule has 0 fully saturated rings. The van der Waals surface area contributed by atoms with E-state index in [4.69, 9.17) is 4.74 Å². The molecule has 8 heteroatoms. The fourth-order valence-electron chi connectivity index (χ4n) is 1.72. The summed E-state index contributed by atoms with van der Waals surface area (Å²) in [6, 6.07) is 5.81. The summed E-state index contributed by atoms with van der Waals surface area (Å²) in [5.74, 6) is -1.73. The first kappa shape index (κ1) is 15.2. The van der Waals surface area contributed by atoms with Gasteiger partial charge in [0.15, 0.2) is 0 Å². The number of esters is 1. The van der Waals surface area contributed by atoms with Gasteiger partial charge >= 0.3 is 12.1 Å². The fraction of sp³-hybridized carbons (Fsp3) is 0.143. The first-order chi connectivity index (χ1) is 10.5. The number of benzene rings is 1. The lowest BCUT2D eigenvalue weighted by Crippen LogP contribution is -2.29. The monoisotopic (exact) mass is 304 g/mol. The van der Waals surface area contributed by atoms with Gasteiger partial charge in [-0.3, -0.25) is 9.59 Å². The van der Waals surface area contributed by atoms with Crippen LogP contribution in [0.4, 0.5) is 10.5 Å². The molecule has 1 aromatic rings. The molecule has 0 bridgehead atoms. The molecule has 1 heterocycles. The van der Waals surface area contributed by atoms with Crippen LogP contribution in [-0.2, 0) is 19.1 Å². The third-order valence-electron chi connectivity index (χ3n) is 2.73. The highest BCUT2D eigenvalue weighted by atomic mass is 16.7. The van der Waals surface area contributed by atoms with Gasteiger partial charge in [0.05, 0.1) is 11.3 Å². The lowest BCUT2D eigenvalue weighted by molar-refractivity contribution is -0.120. The van der Waals surface area contributed by atoms with Crippen molar-refractivity contribution in [2.24, 2.45) is 0 Å². The Hall–Kier alpha value is -3.16. The van der Waals surface area contributed by atoms with Crippen molar-refractivity contribution in [1.82, 2.24) is 5.32 Å². The molecule has 0 unspecified atom stereocenters. The summed E-state index contributed by atoms with van der Waals surface area (Å²) >= 11 is 0. The zero-order valence-electron chi connectivity index (χ0n) is 11.6. The van der Waals surface area contributed by atoms with Crippen LogP contribution < -0.4 is 10.2 Å². The molecular weight excluding hydrogens is 292 g/mol. The van der Waals surface area contributed by atoms with Crippen LogP contribution in [0.5, 0.6) is 0 Å². The van der Waals surface area contributed by atoms with Gasteiger partial charge in [-0.15, -0.1) is 0 Å². The van der Waals surface area contributed by atoms with E-state index in [9.17, 15) is 19.2 Å². The van der Waals surface area contributed by atoms with Crippen molar-refractivity contribution in [2.45, 2.75) is 0 Å². The van der Waals surface area contributed by atoms with Gasteiger partial charge in [-0.1, -0.05) is 6.07 Å². The van der Waals surface area contributed by atoms with Crippen LogP contribution in [0.25, 0.3) is 0 Å². The summed E-state index contributed by atoms with van der Waals surface area (Å²) in [5.41, 5.74) is 0.368. The topological polar surface area (TPSA) is 102 Å². The second-order valence-corrected chi connectivity index (χ2v) is 4.13. The smallest absolute Gasteiger partial charge is 0.409 e. The number of carbonyl (C=O) groups excluding carboxylic acids is 4. The van der Waals surface area contributed by atoms with Crippen molar-refractivity contribution < 1.29 is 28.7 Å². The van der Waals surface area contributed by atoms with E-state index in [0.717, 1.165) is 17.1 Å². The van der Waals surface area contributed by atoms with Crippen LogP contribution in [0.3, 0.4) is 0 Å². The average molecular weight is 304 g/mol. The maximum atomic E-state index is 11.8. The predicted octanol–water partition coefficient (Wildman–Crippen LogP) is 0.586. The van der Waals surface area contributed by atoms with Crippen molar-refractivity contribution in [2.75, 3.05) is 18.7 Å². The maximum Gasteiger partial charge on any atom is 0.409 e. The lowest BCUT2D eigenvalue weighted by atomic mass is 10.2. The van der Waals surface area contributed by atoms with E-state index in [0.29, 0.717) is 0 Å². The molecule has 0 aromatic heterocycles. The minimum absolute atomic E-state index is 0.116. The van der Waals surface area contributed by atoms with Crippen molar-refractivity contribution in [3.63, 3.8) is 0 Å². The number of hydrogen-bond acceptors (Lipinski definition) is 6. The standard InChI is InChI=1S/C14H12N2O6/c1-15-14(20)22-8-21-13(19)9-3-2-4-10(7-9)16-11(17)5-6-12(16)18/h2-7H,8H2,1H3,(H,15,20). The van der Waals surface area contributed by atoms with Gasteiger partial charge in [0, 0.05) is 19.2 Å². The molecule has 0 saturated heterocycles. The lowest BCUT2D eigenvalue weighted by Gasteiger charge is -2.14. The summed E-state index contributed by atoms with van der Waals surface area (Å²) in [5, 5.41) is 2.19. The number of imide groups is 1. The summed E-state index contributed by atoms with van der Waals surface area (Å²) < 4.78 is 9.27. The van der Waals surface area contributed by atoms with Crippen molar-refractivity contribution in [3.8, 4) is 0 Å². The van der Waals surface area contributed by atoms with E-state index in [1.165, 1.54) is 31.3 Å². The molecule has 114 valence electrons. The van der Waals surface area contributed by atoms with Gasteiger partial charge in [-0.05, 0) is 18.2 Å². The number of ether oxygens (including phenoxy) is 2. The normalized spacial score (nSPS) is 13.2. The van der Waals surface area contributed by atoms with E-state index in [1.54, 1.807) is 0 Å². The minimum Gasteiger partial charge on any atom is -0.424 e. The summed E-state index contributed by atoms with van der Waals surface area (Å²) in [4.78, 5) is 46.7. The SMILES string of the molecule is CNC(=O)OCOC(=O)c1cccc(N2C(=O)C=CC2=O)c1. The molecule has 1 aliphatic heterocycles. The summed E-state index contributed by atoms with van der Waals surface area (Å²) in [6.07, 6.45) is 1.55. The molecule has 0 atom stereocenters. The Balaban J connectivity index is 2.05. The van der Waals surface area contributed by atoms with Gasteiger partial charge in [0.25, 0.3) is 11.8 Å². The molecule has 3 amide bonds. The highest BCUT2D eigenvalue weighted by molar-refractivity contribution is 6.28. The number of hydrogen-bond donors (Lipinski definition) is 1. The quantitative estimate of drug-likeness (QED) is 0.496. The van der Waals surface area contributed by atoms with Crippen LogP contribution in [0.1, 0.15) is 10.4 Å². The zero-order valence-corrected chi connectivity index (χ0v) is 11.6. The van der Waals surface area contributed by atoms with Crippen LogP contribution in [0, 0.1) is 0 Å². The van der Waals surface area contributed by atoms with E-state index in [1.807, 2.05) is 0 Å². The first-order valence-corrected chi connectivity index (χ1v) is 6.20. The van der Waals surface area contributed by atoms with Gasteiger partial charge < -0.3 is 14.8 Å². The second kappa shape index (κ2) is 6.53. The Morgan fingerprint density at radius 2 is 1.82 bits per heavy atom. The third-order valence-corrected chi connectivity index (χ3v) is 2.73. The Bertz CT molecular complexity index is 649. The van der Waals surface area contributed by atoms with E-state index in [2.05, 4.69) is 10.1 Å². The Labute approximate surface area is 125 Å². The number of nitrogens with one attached hydrogen (secondary N) is 1.